The third-order valence-electron chi connectivity index (χ3n) is 4.02. The Morgan fingerprint density at radius 3 is 2.48 bits per heavy atom. The van der Waals surface area contributed by atoms with Crippen LogP contribution in [0.25, 0.3) is 0 Å². The second-order valence-electron chi connectivity index (χ2n) is 6.06. The van der Waals surface area contributed by atoms with Gasteiger partial charge in [0.25, 0.3) is 0 Å². The quantitative estimate of drug-likeness (QED) is 0.257. The topological polar surface area (TPSA) is 101 Å². The molecule has 0 saturated carbocycles. The number of sulfonamides is 1. The minimum atomic E-state index is -3.10. The van der Waals surface area contributed by atoms with Gasteiger partial charge in [-0.25, -0.2) is 13.1 Å². The maximum absolute atomic E-state index is 11.3. The lowest BCUT2D eigenvalue weighted by Gasteiger charge is -2.21. The highest BCUT2D eigenvalue weighted by Gasteiger charge is 2.13. The third kappa shape index (κ3) is 11.4. The number of guanidine groups is 1. The number of rotatable bonds is 12. The van der Waals surface area contributed by atoms with Crippen molar-refractivity contribution in [2.24, 2.45) is 10.9 Å². The third-order valence-corrected chi connectivity index (χ3v) is 5.43. The van der Waals surface area contributed by atoms with Crippen molar-refractivity contribution in [2.75, 3.05) is 58.9 Å². The van der Waals surface area contributed by atoms with E-state index in [4.69, 9.17) is 9.47 Å². The van der Waals surface area contributed by atoms with Crippen molar-refractivity contribution < 1.29 is 17.9 Å². The molecule has 0 bridgehead atoms. The zero-order chi connectivity index (χ0) is 18.4. The largest absolute Gasteiger partial charge is 0.381 e. The van der Waals surface area contributed by atoms with E-state index in [0.29, 0.717) is 25.4 Å². The van der Waals surface area contributed by atoms with Crippen LogP contribution in [0, 0.1) is 5.92 Å². The van der Waals surface area contributed by atoms with Crippen molar-refractivity contribution in [1.29, 1.82) is 0 Å². The fourth-order valence-electron chi connectivity index (χ4n) is 2.39. The first-order valence-electron chi connectivity index (χ1n) is 9.14. The minimum absolute atomic E-state index is 0.111. The van der Waals surface area contributed by atoms with E-state index in [1.54, 1.807) is 14.0 Å². The number of hydrogen-bond donors (Lipinski definition) is 3. The van der Waals surface area contributed by atoms with Crippen molar-refractivity contribution in [1.82, 2.24) is 15.4 Å². The molecule has 0 aliphatic carbocycles. The van der Waals surface area contributed by atoms with Crippen LogP contribution < -0.4 is 15.4 Å². The molecule has 3 N–H and O–H groups in total. The van der Waals surface area contributed by atoms with Crippen LogP contribution in [-0.4, -0.2) is 73.2 Å². The van der Waals surface area contributed by atoms with Crippen molar-refractivity contribution in [3.8, 4) is 0 Å². The van der Waals surface area contributed by atoms with Crippen LogP contribution in [0.1, 0.15) is 32.6 Å². The molecule has 0 unspecified atom stereocenters. The number of hydrogen-bond acceptors (Lipinski definition) is 5. The van der Waals surface area contributed by atoms with Crippen molar-refractivity contribution in [2.45, 2.75) is 32.6 Å². The van der Waals surface area contributed by atoms with Gasteiger partial charge in [0.1, 0.15) is 0 Å². The molecule has 0 atom stereocenters. The van der Waals surface area contributed by atoms with Crippen molar-refractivity contribution >= 4 is 16.0 Å². The van der Waals surface area contributed by atoms with Gasteiger partial charge in [0, 0.05) is 53.1 Å². The minimum Gasteiger partial charge on any atom is -0.381 e. The summed E-state index contributed by atoms with van der Waals surface area (Å²) in [7, 11) is -1.38. The Kier molecular flexibility index (Phi) is 11.8. The monoisotopic (exact) mass is 378 g/mol. The van der Waals surface area contributed by atoms with Crippen molar-refractivity contribution in [3.63, 3.8) is 0 Å². The summed E-state index contributed by atoms with van der Waals surface area (Å²) < 4.78 is 36.2. The maximum atomic E-state index is 11.3. The van der Waals surface area contributed by atoms with Crippen LogP contribution in [0.5, 0.6) is 0 Å². The van der Waals surface area contributed by atoms with Crippen molar-refractivity contribution in [3.05, 3.63) is 0 Å². The van der Waals surface area contributed by atoms with E-state index >= 15 is 0 Å². The van der Waals surface area contributed by atoms with Crippen LogP contribution in [-0.2, 0) is 19.5 Å². The molecule has 1 saturated heterocycles. The molecular formula is C16H34N4O4S. The van der Waals surface area contributed by atoms with Gasteiger partial charge in [0.05, 0.1) is 5.75 Å². The summed E-state index contributed by atoms with van der Waals surface area (Å²) in [6, 6.07) is 0. The molecule has 0 aromatic carbocycles. The van der Waals surface area contributed by atoms with E-state index < -0.39 is 10.0 Å². The number of ether oxygens (including phenoxy) is 2. The fourth-order valence-corrected chi connectivity index (χ4v) is 3.05. The molecule has 148 valence electrons. The Balaban J connectivity index is 1.97. The molecule has 25 heavy (non-hydrogen) atoms. The summed E-state index contributed by atoms with van der Waals surface area (Å²) in [4.78, 5) is 4.14. The summed E-state index contributed by atoms with van der Waals surface area (Å²) in [6.45, 7) is 6.78. The molecule has 0 aromatic heterocycles. The second kappa shape index (κ2) is 13.3. The lowest BCUT2D eigenvalue weighted by atomic mass is 10.0. The molecule has 0 radical (unpaired) electrons. The average Bonchev–Trinajstić information content (AvgIpc) is 2.63. The summed E-state index contributed by atoms with van der Waals surface area (Å²) in [5, 5.41) is 6.39. The summed E-state index contributed by atoms with van der Waals surface area (Å²) in [6.07, 6.45) is 3.82. The Bertz CT molecular complexity index is 465. The molecule has 1 aliphatic heterocycles. The van der Waals surface area contributed by atoms with Gasteiger partial charge in [-0.15, -0.1) is 0 Å². The zero-order valence-corrected chi connectivity index (χ0v) is 16.4. The van der Waals surface area contributed by atoms with Gasteiger partial charge in [0.2, 0.25) is 10.0 Å². The standard InChI is InChI=1S/C16H34N4O4S/c1-3-25(21,22)20-10-4-8-18-16(17-2)19-9-5-11-24-14-15-6-12-23-13-7-15/h15,20H,3-14H2,1-2H3,(H2,17,18,19). The fraction of sp³-hybridized carbons (Fsp3) is 0.938. The highest BCUT2D eigenvalue weighted by molar-refractivity contribution is 7.89. The van der Waals surface area contributed by atoms with E-state index in [1.807, 2.05) is 0 Å². The number of nitrogens with one attached hydrogen (secondary N) is 3. The average molecular weight is 379 g/mol. The summed E-state index contributed by atoms with van der Waals surface area (Å²) in [5.41, 5.74) is 0. The molecule has 1 heterocycles. The molecule has 1 rings (SSSR count). The molecule has 1 fully saturated rings. The molecule has 0 aromatic rings. The van der Waals surface area contributed by atoms with Crippen LogP contribution >= 0.6 is 0 Å². The first-order valence-corrected chi connectivity index (χ1v) is 10.8. The highest BCUT2D eigenvalue weighted by Crippen LogP contribution is 2.14. The van der Waals surface area contributed by atoms with E-state index in [9.17, 15) is 8.42 Å². The van der Waals surface area contributed by atoms with E-state index in [1.165, 1.54) is 0 Å². The van der Waals surface area contributed by atoms with E-state index in [2.05, 4.69) is 20.3 Å². The van der Waals surface area contributed by atoms with Gasteiger partial charge in [0.15, 0.2) is 5.96 Å². The van der Waals surface area contributed by atoms with Gasteiger partial charge in [-0.3, -0.25) is 4.99 Å². The first-order chi connectivity index (χ1) is 12.1. The Labute approximate surface area is 152 Å². The molecule has 8 nitrogen and oxygen atoms in total. The molecule has 9 heteroatoms. The number of nitrogens with zero attached hydrogens (tertiary/aromatic N) is 1. The summed E-state index contributed by atoms with van der Waals surface area (Å²) >= 11 is 0. The van der Waals surface area contributed by atoms with Gasteiger partial charge in [-0.1, -0.05) is 0 Å². The highest BCUT2D eigenvalue weighted by atomic mass is 32.2. The van der Waals surface area contributed by atoms with E-state index in [-0.39, 0.29) is 5.75 Å². The molecular weight excluding hydrogens is 344 g/mol. The SMILES string of the molecule is CCS(=O)(=O)NCCCNC(=NC)NCCCOCC1CCOCC1. The number of aliphatic imine (C=N–C) groups is 1. The Morgan fingerprint density at radius 1 is 1.16 bits per heavy atom. The maximum Gasteiger partial charge on any atom is 0.211 e. The lowest BCUT2D eigenvalue weighted by molar-refractivity contribution is 0.0203. The molecule has 0 amide bonds. The van der Waals surface area contributed by atoms with Crippen LogP contribution in [0.4, 0.5) is 0 Å². The second-order valence-corrected chi connectivity index (χ2v) is 8.16. The van der Waals surface area contributed by atoms with Gasteiger partial charge >= 0.3 is 0 Å². The Morgan fingerprint density at radius 2 is 1.84 bits per heavy atom. The van der Waals surface area contributed by atoms with E-state index in [0.717, 1.165) is 58.2 Å². The van der Waals surface area contributed by atoms with Gasteiger partial charge < -0.3 is 20.1 Å². The molecule has 0 spiro atoms. The molecule has 1 aliphatic rings. The summed E-state index contributed by atoms with van der Waals surface area (Å²) in [5.74, 6) is 1.48. The predicted molar refractivity (Wildman–Crippen MR) is 100 cm³/mol. The van der Waals surface area contributed by atoms with Gasteiger partial charge in [-0.05, 0) is 38.5 Å². The van der Waals surface area contributed by atoms with Gasteiger partial charge in [-0.2, -0.15) is 0 Å². The zero-order valence-electron chi connectivity index (χ0n) is 15.6. The lowest BCUT2D eigenvalue weighted by Crippen LogP contribution is -2.39. The van der Waals surface area contributed by atoms with Crippen LogP contribution in [0.15, 0.2) is 4.99 Å². The van der Waals surface area contributed by atoms with Crippen LogP contribution in [0.3, 0.4) is 0 Å². The Hall–Kier alpha value is -0.900. The van der Waals surface area contributed by atoms with Crippen LogP contribution in [0.2, 0.25) is 0 Å². The normalized spacial score (nSPS) is 16.8. The smallest absolute Gasteiger partial charge is 0.211 e. The predicted octanol–water partition coefficient (Wildman–Crippen LogP) is 0.314. The first kappa shape index (κ1) is 22.1.